The summed E-state index contributed by atoms with van der Waals surface area (Å²) in [5, 5.41) is 17.3. The third-order valence-electron chi connectivity index (χ3n) is 1.76. The van der Waals surface area contributed by atoms with Crippen molar-refractivity contribution in [3.63, 3.8) is 0 Å². The van der Waals surface area contributed by atoms with Gasteiger partial charge in [-0.25, -0.2) is 9.78 Å². The van der Waals surface area contributed by atoms with Crippen LogP contribution in [0.25, 0.3) is 0 Å². The monoisotopic (exact) mass is 240 g/mol. The molecule has 2 heterocycles. The van der Waals surface area contributed by atoms with E-state index in [-0.39, 0.29) is 5.69 Å². The number of carboxylic acids is 1. The predicted octanol–water partition coefficient (Wildman–Crippen LogP) is 0.879. The van der Waals surface area contributed by atoms with Crippen LogP contribution in [-0.2, 0) is 6.42 Å². The minimum absolute atomic E-state index is 0.0482. The second-order valence-corrected chi connectivity index (χ2v) is 3.73. The van der Waals surface area contributed by atoms with Gasteiger partial charge in [0.05, 0.1) is 0 Å². The topological polar surface area (TPSA) is 101 Å². The highest BCUT2D eigenvalue weighted by atomic mass is 32.1. The van der Waals surface area contributed by atoms with Gasteiger partial charge in [0.25, 0.3) is 0 Å². The molecule has 0 saturated heterocycles. The van der Waals surface area contributed by atoms with Crippen LogP contribution in [0.15, 0.2) is 16.3 Å². The van der Waals surface area contributed by atoms with Crippen LogP contribution in [0, 0.1) is 0 Å². The molecule has 2 aromatic heterocycles. The highest BCUT2D eigenvalue weighted by molar-refractivity contribution is 7.13. The van der Waals surface area contributed by atoms with Crippen LogP contribution < -0.4 is 5.32 Å². The Hall–Kier alpha value is -1.96. The van der Waals surface area contributed by atoms with E-state index in [1.165, 1.54) is 23.1 Å². The molecular formula is C8H8N4O3S. The zero-order valence-corrected chi connectivity index (χ0v) is 8.90. The van der Waals surface area contributed by atoms with Crippen LogP contribution in [0.4, 0.5) is 5.13 Å². The average molecular weight is 240 g/mol. The molecule has 0 spiro atoms. The number of aromatic carboxylic acids is 1. The lowest BCUT2D eigenvalue weighted by Gasteiger charge is -1.98. The van der Waals surface area contributed by atoms with Crippen molar-refractivity contribution in [2.45, 2.75) is 6.42 Å². The van der Waals surface area contributed by atoms with Crippen LogP contribution in [0.1, 0.15) is 16.3 Å². The van der Waals surface area contributed by atoms with E-state index < -0.39 is 5.97 Å². The molecule has 0 aliphatic rings. The van der Waals surface area contributed by atoms with E-state index in [9.17, 15) is 4.79 Å². The van der Waals surface area contributed by atoms with Gasteiger partial charge in [-0.15, -0.1) is 11.3 Å². The fourth-order valence-corrected chi connectivity index (χ4v) is 1.75. The summed E-state index contributed by atoms with van der Waals surface area (Å²) >= 11 is 1.25. The summed E-state index contributed by atoms with van der Waals surface area (Å²) in [4.78, 5) is 18.3. The number of thiazole rings is 1. The lowest BCUT2D eigenvalue weighted by molar-refractivity contribution is 0.0691. The maximum absolute atomic E-state index is 10.6. The number of anilines is 1. The molecule has 2 aromatic rings. The first-order chi connectivity index (χ1) is 7.75. The number of hydrogen-bond acceptors (Lipinski definition) is 7. The van der Waals surface area contributed by atoms with Crippen LogP contribution >= 0.6 is 11.3 Å². The maximum Gasteiger partial charge on any atom is 0.355 e. The van der Waals surface area contributed by atoms with Gasteiger partial charge in [-0.3, -0.25) is 0 Å². The molecule has 0 atom stereocenters. The zero-order valence-electron chi connectivity index (χ0n) is 8.08. The van der Waals surface area contributed by atoms with Gasteiger partial charge in [0, 0.05) is 18.3 Å². The number of carbonyl (C=O) groups is 1. The minimum atomic E-state index is -1.03. The summed E-state index contributed by atoms with van der Waals surface area (Å²) < 4.78 is 4.57. The summed E-state index contributed by atoms with van der Waals surface area (Å²) in [7, 11) is 0. The van der Waals surface area contributed by atoms with Gasteiger partial charge >= 0.3 is 5.97 Å². The molecular weight excluding hydrogens is 232 g/mol. The standard InChI is InChI=1S/C8H8N4O3S/c13-7(14)5-3-16-8(11-5)9-2-1-6-10-4-15-12-6/h3-4H,1-2H2,(H,9,11)(H,13,14). The van der Waals surface area contributed by atoms with Gasteiger partial charge in [0.15, 0.2) is 16.6 Å². The molecule has 0 saturated carbocycles. The van der Waals surface area contributed by atoms with Crippen LogP contribution in [0.3, 0.4) is 0 Å². The molecule has 8 heteroatoms. The SMILES string of the molecule is O=C(O)c1csc(NCCc2ncon2)n1. The lowest BCUT2D eigenvalue weighted by Crippen LogP contribution is -2.06. The molecule has 0 fully saturated rings. The van der Waals surface area contributed by atoms with Gasteiger partial charge in [0.1, 0.15) is 0 Å². The molecule has 2 N–H and O–H groups in total. The Bertz CT molecular complexity index is 467. The van der Waals surface area contributed by atoms with Crippen LogP contribution in [0.2, 0.25) is 0 Å². The summed E-state index contributed by atoms with van der Waals surface area (Å²) in [6.45, 7) is 0.576. The fraction of sp³-hybridized carbons (Fsp3) is 0.250. The van der Waals surface area contributed by atoms with Crippen molar-refractivity contribution in [3.8, 4) is 0 Å². The third-order valence-corrected chi connectivity index (χ3v) is 2.56. The van der Waals surface area contributed by atoms with Crippen LogP contribution in [-0.4, -0.2) is 32.7 Å². The van der Waals surface area contributed by atoms with E-state index in [0.29, 0.717) is 23.9 Å². The molecule has 16 heavy (non-hydrogen) atoms. The smallest absolute Gasteiger partial charge is 0.355 e. The molecule has 0 unspecified atom stereocenters. The Labute approximate surface area is 94.1 Å². The number of rotatable bonds is 5. The summed E-state index contributed by atoms with van der Waals surface area (Å²) in [5.41, 5.74) is 0.0482. The first-order valence-corrected chi connectivity index (χ1v) is 5.31. The van der Waals surface area contributed by atoms with Crippen molar-refractivity contribution < 1.29 is 14.4 Å². The van der Waals surface area contributed by atoms with Crippen LogP contribution in [0.5, 0.6) is 0 Å². The summed E-state index contributed by atoms with van der Waals surface area (Å²) in [6, 6.07) is 0. The molecule has 0 radical (unpaired) electrons. The third kappa shape index (κ3) is 2.54. The van der Waals surface area contributed by atoms with E-state index in [2.05, 4.69) is 25.0 Å². The Morgan fingerprint density at radius 1 is 1.62 bits per heavy atom. The van der Waals surface area contributed by atoms with Crippen molar-refractivity contribution in [2.75, 3.05) is 11.9 Å². The summed E-state index contributed by atoms with van der Waals surface area (Å²) in [6.07, 6.45) is 1.86. The number of hydrogen-bond donors (Lipinski definition) is 2. The Morgan fingerprint density at radius 3 is 3.12 bits per heavy atom. The predicted molar refractivity (Wildman–Crippen MR) is 55.6 cm³/mol. The Kier molecular flexibility index (Phi) is 3.10. The van der Waals surface area contributed by atoms with E-state index in [4.69, 9.17) is 5.11 Å². The molecule has 0 aromatic carbocycles. The van der Waals surface area contributed by atoms with Crippen molar-refractivity contribution in [3.05, 3.63) is 23.3 Å². The van der Waals surface area contributed by atoms with Crippen molar-refractivity contribution >= 4 is 22.4 Å². The molecule has 84 valence electrons. The quantitative estimate of drug-likeness (QED) is 0.799. The molecule has 0 bridgehead atoms. The van der Waals surface area contributed by atoms with Gasteiger partial charge in [0.2, 0.25) is 6.39 Å². The molecule has 7 nitrogen and oxygen atoms in total. The number of nitrogens with one attached hydrogen (secondary N) is 1. The Morgan fingerprint density at radius 2 is 2.50 bits per heavy atom. The molecule has 0 aliphatic heterocycles. The van der Waals surface area contributed by atoms with E-state index in [0.717, 1.165) is 0 Å². The largest absolute Gasteiger partial charge is 0.476 e. The first kappa shape index (κ1) is 10.6. The zero-order chi connectivity index (χ0) is 11.4. The van der Waals surface area contributed by atoms with Crippen molar-refractivity contribution in [1.82, 2.24) is 15.1 Å². The molecule has 0 aliphatic carbocycles. The van der Waals surface area contributed by atoms with Crippen molar-refractivity contribution in [1.29, 1.82) is 0 Å². The first-order valence-electron chi connectivity index (χ1n) is 4.43. The highest BCUT2D eigenvalue weighted by Crippen LogP contribution is 2.14. The van der Waals surface area contributed by atoms with Gasteiger partial charge in [-0.2, -0.15) is 4.98 Å². The normalized spacial score (nSPS) is 10.2. The lowest BCUT2D eigenvalue weighted by atomic mass is 10.4. The highest BCUT2D eigenvalue weighted by Gasteiger charge is 2.08. The van der Waals surface area contributed by atoms with Gasteiger partial charge < -0.3 is 14.9 Å². The average Bonchev–Trinajstić information content (AvgIpc) is 2.87. The fourth-order valence-electron chi connectivity index (χ4n) is 1.04. The molecule has 2 rings (SSSR count). The van der Waals surface area contributed by atoms with E-state index in [1.54, 1.807) is 0 Å². The number of nitrogens with zero attached hydrogens (tertiary/aromatic N) is 3. The van der Waals surface area contributed by atoms with Gasteiger partial charge in [-0.05, 0) is 0 Å². The second-order valence-electron chi connectivity index (χ2n) is 2.87. The number of carboxylic acid groups (broad SMARTS) is 1. The Balaban J connectivity index is 1.83. The van der Waals surface area contributed by atoms with Crippen molar-refractivity contribution in [2.24, 2.45) is 0 Å². The van der Waals surface area contributed by atoms with E-state index in [1.807, 2.05) is 0 Å². The van der Waals surface area contributed by atoms with Gasteiger partial charge in [-0.1, -0.05) is 5.16 Å². The molecule has 0 amide bonds. The second kappa shape index (κ2) is 4.71. The van der Waals surface area contributed by atoms with E-state index >= 15 is 0 Å². The maximum atomic E-state index is 10.6. The minimum Gasteiger partial charge on any atom is -0.476 e. The summed E-state index contributed by atoms with van der Waals surface area (Å²) in [5.74, 6) is -0.426. The number of aromatic nitrogens is 3.